The Bertz CT molecular complexity index is 1070. The maximum absolute atomic E-state index is 13.7. The molecule has 2 atom stereocenters. The van der Waals surface area contributed by atoms with E-state index in [-0.39, 0.29) is 23.6 Å². The highest BCUT2D eigenvalue weighted by Gasteiger charge is 2.34. The molecule has 5 nitrogen and oxygen atoms in total. The first-order chi connectivity index (χ1) is 15.8. The maximum Gasteiger partial charge on any atom is 0.416 e. The summed E-state index contributed by atoms with van der Waals surface area (Å²) in [4.78, 5) is 16.5. The number of halogens is 3. The van der Waals surface area contributed by atoms with Gasteiger partial charge in [-0.05, 0) is 62.4 Å². The number of amides is 1. The van der Waals surface area contributed by atoms with Gasteiger partial charge >= 0.3 is 6.18 Å². The van der Waals surface area contributed by atoms with Gasteiger partial charge < -0.3 is 21.3 Å². The molecule has 2 heterocycles. The Morgan fingerprint density at radius 3 is 2.61 bits per heavy atom. The zero-order valence-electron chi connectivity index (χ0n) is 18.2. The number of anilines is 4. The normalized spacial score (nSPS) is 22.4. The molecule has 9 heteroatoms. The second-order valence-corrected chi connectivity index (χ2v) is 10.2. The van der Waals surface area contributed by atoms with Crippen LogP contribution in [0.15, 0.2) is 40.1 Å². The van der Waals surface area contributed by atoms with Crippen molar-refractivity contribution in [3.05, 3.63) is 35.9 Å². The fraction of sp³-hybridized carbons (Fsp3) is 0.458. The van der Waals surface area contributed by atoms with E-state index in [1.807, 2.05) is 18.2 Å². The molecular formula is C24H27F3N4OS. The van der Waals surface area contributed by atoms with Gasteiger partial charge in [0.05, 0.1) is 22.6 Å². The maximum atomic E-state index is 13.7. The van der Waals surface area contributed by atoms with Gasteiger partial charge in [0.15, 0.2) is 0 Å². The van der Waals surface area contributed by atoms with Crippen molar-refractivity contribution in [3.8, 4) is 0 Å². The fourth-order valence-corrected chi connectivity index (χ4v) is 6.01. The average Bonchev–Trinajstić information content (AvgIpc) is 3.32. The van der Waals surface area contributed by atoms with Gasteiger partial charge in [-0.3, -0.25) is 4.79 Å². The van der Waals surface area contributed by atoms with E-state index in [9.17, 15) is 18.0 Å². The van der Waals surface area contributed by atoms with Crippen molar-refractivity contribution in [2.75, 3.05) is 28.6 Å². The third-order valence-electron chi connectivity index (χ3n) is 6.69. The molecule has 2 fully saturated rings. The molecule has 33 heavy (non-hydrogen) atoms. The molecule has 4 N–H and O–H groups in total. The Kier molecular flexibility index (Phi) is 5.95. The summed E-state index contributed by atoms with van der Waals surface area (Å²) >= 11 is 1.30. The monoisotopic (exact) mass is 476 g/mol. The number of benzene rings is 2. The van der Waals surface area contributed by atoms with Crippen LogP contribution in [-0.4, -0.2) is 25.0 Å². The summed E-state index contributed by atoms with van der Waals surface area (Å²) in [5.74, 6) is -0.556. The van der Waals surface area contributed by atoms with E-state index >= 15 is 0 Å². The summed E-state index contributed by atoms with van der Waals surface area (Å²) < 4.78 is 41.0. The molecule has 1 amide bonds. The number of hydrogen-bond donors (Lipinski definition) is 3. The largest absolute Gasteiger partial charge is 0.416 e. The quantitative estimate of drug-likeness (QED) is 0.435. The van der Waals surface area contributed by atoms with E-state index in [0.29, 0.717) is 23.4 Å². The molecule has 0 radical (unpaired) electrons. The van der Waals surface area contributed by atoms with Crippen molar-refractivity contribution in [3.63, 3.8) is 0 Å². The van der Waals surface area contributed by atoms with E-state index in [1.165, 1.54) is 11.8 Å². The first-order valence-corrected chi connectivity index (χ1v) is 12.2. The molecule has 2 aromatic rings. The lowest BCUT2D eigenvalue weighted by molar-refractivity contribution is -0.137. The lowest BCUT2D eigenvalue weighted by Gasteiger charge is -2.29. The van der Waals surface area contributed by atoms with Crippen molar-refractivity contribution < 1.29 is 18.0 Å². The van der Waals surface area contributed by atoms with Crippen LogP contribution in [0.4, 0.5) is 35.9 Å². The van der Waals surface area contributed by atoms with Gasteiger partial charge in [0.1, 0.15) is 0 Å². The number of rotatable bonds is 3. The van der Waals surface area contributed by atoms with E-state index in [4.69, 9.17) is 5.73 Å². The van der Waals surface area contributed by atoms with Gasteiger partial charge in [-0.2, -0.15) is 13.2 Å². The fourth-order valence-electron chi connectivity index (χ4n) is 4.91. The number of hydrogen-bond acceptors (Lipinski definition) is 5. The molecule has 2 aromatic carbocycles. The number of nitrogens with two attached hydrogens (primary N) is 1. The Labute approximate surface area is 195 Å². The molecule has 1 aliphatic carbocycles. The zero-order valence-corrected chi connectivity index (χ0v) is 19.0. The van der Waals surface area contributed by atoms with Gasteiger partial charge in [-0.25, -0.2) is 0 Å². The summed E-state index contributed by atoms with van der Waals surface area (Å²) in [6.45, 7) is 1.99. The molecule has 176 valence electrons. The van der Waals surface area contributed by atoms with Gasteiger partial charge in [-0.1, -0.05) is 18.2 Å². The Hall–Kier alpha value is -2.39. The van der Waals surface area contributed by atoms with Crippen molar-refractivity contribution in [1.29, 1.82) is 0 Å². The van der Waals surface area contributed by atoms with Crippen LogP contribution in [0.3, 0.4) is 0 Å². The van der Waals surface area contributed by atoms with Crippen molar-refractivity contribution in [2.24, 2.45) is 11.7 Å². The standard InChI is InChI=1S/C24H27F3N4OS/c25-24(26,27)15-11-19(30-23(32)14-4-3-5-16(28)10-14)22-21(12-15)33-20-13-17(6-7-18(20)29-22)31-8-1-2-9-31/h6-7,11-14,16,29H,1-5,8-10,28H2,(H,30,32). The van der Waals surface area contributed by atoms with Gasteiger partial charge in [0.25, 0.3) is 0 Å². The van der Waals surface area contributed by atoms with Gasteiger partial charge in [0, 0.05) is 40.5 Å². The van der Waals surface area contributed by atoms with Crippen molar-refractivity contribution in [1.82, 2.24) is 0 Å². The summed E-state index contributed by atoms with van der Waals surface area (Å²) in [6, 6.07) is 8.16. The number of nitrogens with zero attached hydrogens (tertiary/aromatic N) is 1. The number of nitrogens with one attached hydrogen (secondary N) is 2. The van der Waals surface area contributed by atoms with Crippen LogP contribution in [0.2, 0.25) is 0 Å². The zero-order chi connectivity index (χ0) is 23.2. The second kappa shape index (κ2) is 8.76. The van der Waals surface area contributed by atoms with Gasteiger partial charge in [0.2, 0.25) is 5.91 Å². The smallest absolute Gasteiger partial charge is 0.372 e. The predicted molar refractivity (Wildman–Crippen MR) is 125 cm³/mol. The average molecular weight is 477 g/mol. The molecule has 0 bridgehead atoms. The number of carbonyl (C=O) groups excluding carboxylic acids is 1. The van der Waals surface area contributed by atoms with Crippen LogP contribution in [-0.2, 0) is 11.0 Å². The van der Waals surface area contributed by atoms with Crippen LogP contribution in [0.25, 0.3) is 0 Å². The topological polar surface area (TPSA) is 70.4 Å². The summed E-state index contributed by atoms with van der Waals surface area (Å²) in [5, 5.41) is 6.06. The van der Waals surface area contributed by atoms with E-state index < -0.39 is 11.7 Å². The van der Waals surface area contributed by atoms with E-state index in [1.54, 1.807) is 0 Å². The van der Waals surface area contributed by atoms with Gasteiger partial charge in [-0.15, -0.1) is 0 Å². The minimum absolute atomic E-state index is 0.0460. The second-order valence-electron chi connectivity index (χ2n) is 9.11. The molecule has 1 saturated carbocycles. The highest BCUT2D eigenvalue weighted by molar-refractivity contribution is 7.99. The van der Waals surface area contributed by atoms with E-state index in [0.717, 1.165) is 67.2 Å². The molecule has 3 aliphatic rings. The predicted octanol–water partition coefficient (Wildman–Crippen LogP) is 5.97. The first-order valence-electron chi connectivity index (χ1n) is 11.4. The van der Waals surface area contributed by atoms with Crippen LogP contribution in [0.5, 0.6) is 0 Å². The SMILES string of the molecule is NC1CCCC(C(=O)Nc2cc(C(F)(F)F)cc3c2Nc2ccc(N4CCCC4)cc2S3)C1. The molecule has 0 aromatic heterocycles. The van der Waals surface area contributed by atoms with Crippen molar-refractivity contribution >= 4 is 40.4 Å². The highest BCUT2D eigenvalue weighted by Crippen LogP contribution is 2.50. The number of alkyl halides is 3. The third kappa shape index (κ3) is 4.66. The summed E-state index contributed by atoms with van der Waals surface area (Å²) in [5.41, 5.74) is 7.80. The third-order valence-corrected chi connectivity index (χ3v) is 7.79. The first kappa shape index (κ1) is 22.4. The van der Waals surface area contributed by atoms with Crippen LogP contribution in [0, 0.1) is 5.92 Å². The summed E-state index contributed by atoms with van der Waals surface area (Å²) in [6.07, 6.45) is 0.754. The van der Waals surface area contributed by atoms with Crippen LogP contribution >= 0.6 is 11.8 Å². The molecule has 2 unspecified atom stereocenters. The molecule has 2 aliphatic heterocycles. The lowest BCUT2D eigenvalue weighted by atomic mass is 9.85. The Balaban J connectivity index is 1.46. The lowest BCUT2D eigenvalue weighted by Crippen LogP contribution is -2.34. The van der Waals surface area contributed by atoms with Crippen LogP contribution < -0.4 is 21.3 Å². The Morgan fingerprint density at radius 1 is 1.09 bits per heavy atom. The Morgan fingerprint density at radius 2 is 1.88 bits per heavy atom. The highest BCUT2D eigenvalue weighted by atomic mass is 32.2. The van der Waals surface area contributed by atoms with E-state index in [2.05, 4.69) is 15.5 Å². The minimum atomic E-state index is -4.51. The van der Waals surface area contributed by atoms with Crippen LogP contribution in [0.1, 0.15) is 44.1 Å². The summed E-state index contributed by atoms with van der Waals surface area (Å²) in [7, 11) is 0. The van der Waals surface area contributed by atoms with Crippen molar-refractivity contribution in [2.45, 2.75) is 60.5 Å². The molecular weight excluding hydrogens is 449 g/mol. The number of carbonyl (C=O) groups is 1. The minimum Gasteiger partial charge on any atom is -0.372 e. The molecule has 5 rings (SSSR count). The number of fused-ring (bicyclic) bond motifs is 2. The molecule has 1 saturated heterocycles. The molecule has 0 spiro atoms.